The average Bonchev–Trinajstić information content (AvgIpc) is 0.781. The van der Waals surface area contributed by atoms with Gasteiger partial charge in [0.25, 0.3) is 0 Å². The number of benzene rings is 6. The van der Waals surface area contributed by atoms with E-state index in [-0.39, 0.29) is 98.7 Å². The van der Waals surface area contributed by atoms with Crippen LogP contribution in [-0.2, 0) is 72.0 Å². The van der Waals surface area contributed by atoms with Gasteiger partial charge in [-0.15, -0.1) is 0 Å². The van der Waals surface area contributed by atoms with Crippen molar-refractivity contribution >= 4 is 46.0 Å². The lowest BCUT2D eigenvalue weighted by atomic mass is 9.79. The molecule has 6 aromatic rings. The molecular formula is C68H76F12N4O4S2. The highest BCUT2D eigenvalue weighted by Crippen LogP contribution is 2.45. The number of anilines is 2. The fraction of sp³-hybridized carbons (Fsp3) is 0.441. The Morgan fingerprint density at radius 1 is 0.356 bits per heavy atom. The highest BCUT2D eigenvalue weighted by atomic mass is 32.1. The van der Waals surface area contributed by atoms with Crippen LogP contribution in [0.2, 0.25) is 0 Å². The van der Waals surface area contributed by atoms with Gasteiger partial charge in [-0.2, -0.15) is 52.7 Å². The molecule has 0 fully saturated rings. The second kappa shape index (κ2) is 26.3. The molecule has 0 unspecified atom stereocenters. The summed E-state index contributed by atoms with van der Waals surface area (Å²) in [5.41, 5.74) is 0.148. The number of rotatable bonds is 12. The van der Waals surface area contributed by atoms with Crippen molar-refractivity contribution in [1.82, 2.24) is 10.6 Å². The highest BCUT2D eigenvalue weighted by Gasteiger charge is 2.39. The minimum atomic E-state index is -5.06. The maximum Gasteiger partial charge on any atom is 0.416 e. The summed E-state index contributed by atoms with van der Waals surface area (Å²) >= 11 is 10.6. The molecule has 0 atom stereocenters. The lowest BCUT2D eigenvalue weighted by Crippen LogP contribution is -2.30. The van der Waals surface area contributed by atoms with Crippen LogP contribution in [0.5, 0.6) is 23.0 Å². The fourth-order valence-corrected chi connectivity index (χ4v) is 10.8. The number of hydrogen-bond donors (Lipinski definition) is 6. The van der Waals surface area contributed by atoms with E-state index in [1.54, 1.807) is 0 Å². The van der Waals surface area contributed by atoms with Gasteiger partial charge < -0.3 is 41.0 Å². The predicted octanol–water partition coefficient (Wildman–Crippen LogP) is 18.6. The zero-order chi connectivity index (χ0) is 67.1. The van der Waals surface area contributed by atoms with Crippen LogP contribution in [0.1, 0.15) is 185 Å². The molecule has 1 aliphatic rings. The van der Waals surface area contributed by atoms with Crippen molar-refractivity contribution < 1.29 is 72.4 Å². The minimum absolute atomic E-state index is 0.0248. The number of phenolic OH excluding ortho intramolecular Hbond substituents is 2. The average molecular weight is 1310 g/mol. The summed E-state index contributed by atoms with van der Waals surface area (Å²) in [5, 5.41) is 35.7. The van der Waals surface area contributed by atoms with E-state index in [2.05, 4.69) is 104 Å². The van der Waals surface area contributed by atoms with E-state index in [1.807, 2.05) is 48.5 Å². The SMILES string of the molecule is CC(C)(C)c1cc2c(O)c(c1)Cc1cc(C(C)(C)C)cc(c1OCCCNC(=S)Nc1cc(C(F)(F)F)cc(C(F)(F)F)c1)Cc1cc(C(C)(C)C)cc(c1O)Cc1cc(C(C)(C)C)cc(c1OCCCNC(=S)Nc1cc(C(F)(F)F)cc(C(F)(F)F)c1)C2. The van der Waals surface area contributed by atoms with E-state index >= 15 is 0 Å². The molecule has 6 aromatic carbocycles. The molecule has 0 saturated heterocycles. The topological polar surface area (TPSA) is 107 Å². The number of ether oxygens (including phenoxy) is 2. The minimum Gasteiger partial charge on any atom is -0.507 e. The zero-order valence-corrected chi connectivity index (χ0v) is 53.8. The van der Waals surface area contributed by atoms with Gasteiger partial charge in [0.05, 0.1) is 35.5 Å². The largest absolute Gasteiger partial charge is 0.507 e. The van der Waals surface area contributed by atoms with Gasteiger partial charge in [-0.05, 0) is 162 Å². The monoisotopic (exact) mass is 1300 g/mol. The Balaban J connectivity index is 1.28. The van der Waals surface area contributed by atoms with Crippen molar-refractivity contribution in [2.24, 2.45) is 0 Å². The molecule has 6 N–H and O–H groups in total. The van der Waals surface area contributed by atoms with Crippen LogP contribution in [0.3, 0.4) is 0 Å². The van der Waals surface area contributed by atoms with Gasteiger partial charge in [0, 0.05) is 50.1 Å². The molecule has 22 heteroatoms. The van der Waals surface area contributed by atoms with Gasteiger partial charge in [0.1, 0.15) is 23.0 Å². The quantitative estimate of drug-likeness (QED) is 0.0402. The molecule has 8 nitrogen and oxygen atoms in total. The van der Waals surface area contributed by atoms with Gasteiger partial charge >= 0.3 is 24.7 Å². The van der Waals surface area contributed by atoms with Gasteiger partial charge in [-0.25, -0.2) is 0 Å². The number of alkyl halides is 12. The number of halogens is 12. The van der Waals surface area contributed by atoms with E-state index in [4.69, 9.17) is 33.9 Å². The zero-order valence-electron chi connectivity index (χ0n) is 52.2. The number of phenols is 2. The molecule has 0 aliphatic heterocycles. The maximum atomic E-state index is 13.7. The molecular weight excluding hydrogens is 1230 g/mol. The van der Waals surface area contributed by atoms with Crippen molar-refractivity contribution in [3.05, 3.63) is 174 Å². The summed E-state index contributed by atoms with van der Waals surface area (Å²) in [6, 6.07) is 18.3. The molecule has 1 aliphatic carbocycles. The van der Waals surface area contributed by atoms with E-state index in [0.717, 1.165) is 22.3 Å². The standard InChI is InChI=1S/C68H76F12N4O4S2/c1-61(2,3)45-23-37-19-41-27-47(63(7,8)9)29-43(57(41)87-17-13-15-81-59(89)83-53-33-49(65(69,70)71)31-50(34-53)66(72,73)74)21-39-25-46(62(4,5)6)26-40(56(39)86)22-44-30-48(64(10,11)12)28-42(20-38(24-45)55(37)85)58(44)88-18-14-16-82-60(90)84-54-35-51(67(75,76)77)32-52(36-54)68(78,79)80/h23-36,85-86H,13-22H2,1-12H3,(H2,81,83,89)(H2,82,84,90). The van der Waals surface area contributed by atoms with Crippen LogP contribution in [0.4, 0.5) is 64.1 Å². The first kappa shape index (κ1) is 70.5. The Morgan fingerprint density at radius 2 is 0.578 bits per heavy atom. The molecule has 0 amide bonds. The molecule has 0 radical (unpaired) electrons. The number of nitrogens with one attached hydrogen (secondary N) is 4. The third kappa shape index (κ3) is 18.2. The molecule has 0 aromatic heterocycles. The Morgan fingerprint density at radius 3 is 0.789 bits per heavy atom. The molecule has 0 heterocycles. The third-order valence-electron chi connectivity index (χ3n) is 15.4. The van der Waals surface area contributed by atoms with Crippen molar-refractivity contribution in [2.45, 2.75) is 168 Å². The summed E-state index contributed by atoms with van der Waals surface area (Å²) in [5.74, 6) is 1.02. The first-order valence-corrected chi connectivity index (χ1v) is 30.0. The first-order valence-electron chi connectivity index (χ1n) is 29.2. The van der Waals surface area contributed by atoms with Crippen LogP contribution in [0, 0.1) is 0 Å². The summed E-state index contributed by atoms with van der Waals surface area (Å²) < 4.78 is 178. The Bertz CT molecular complexity index is 3240. The second-order valence-electron chi connectivity index (χ2n) is 27.0. The first-order chi connectivity index (χ1) is 41.2. The summed E-state index contributed by atoms with van der Waals surface area (Å²) in [6.07, 6.45) is -19.1. The number of thiocarbonyl (C=S) groups is 2. The van der Waals surface area contributed by atoms with Crippen LogP contribution < -0.4 is 30.7 Å². The van der Waals surface area contributed by atoms with Crippen molar-refractivity contribution in [2.75, 3.05) is 36.9 Å². The molecule has 0 saturated carbocycles. The maximum absolute atomic E-state index is 13.7. The Kier molecular flexibility index (Phi) is 20.6. The number of hydrogen-bond acceptors (Lipinski definition) is 6. The normalized spacial score (nSPS) is 13.6. The molecule has 7 rings (SSSR count). The van der Waals surface area contributed by atoms with Crippen molar-refractivity contribution in [1.29, 1.82) is 0 Å². The predicted molar refractivity (Wildman–Crippen MR) is 337 cm³/mol. The lowest BCUT2D eigenvalue weighted by molar-refractivity contribution is -0.144. The van der Waals surface area contributed by atoms with Gasteiger partial charge in [-0.1, -0.05) is 132 Å². The Labute approximate surface area is 528 Å². The van der Waals surface area contributed by atoms with E-state index in [1.165, 1.54) is 0 Å². The molecule has 0 spiro atoms. The van der Waals surface area contributed by atoms with E-state index < -0.39 is 80.0 Å². The van der Waals surface area contributed by atoms with Gasteiger partial charge in [-0.3, -0.25) is 0 Å². The molecule has 8 bridgehead atoms. The van der Waals surface area contributed by atoms with Gasteiger partial charge in [0.15, 0.2) is 10.2 Å². The summed E-state index contributed by atoms with van der Waals surface area (Å²) in [7, 11) is 0. The number of fused-ring (bicyclic) bond motifs is 8. The molecule has 488 valence electrons. The van der Waals surface area contributed by atoms with Crippen LogP contribution in [0.15, 0.2) is 84.9 Å². The number of aromatic hydroxyl groups is 2. The van der Waals surface area contributed by atoms with Crippen molar-refractivity contribution in [3.8, 4) is 23.0 Å². The summed E-state index contributed by atoms with van der Waals surface area (Å²) in [6.45, 7) is 25.1. The third-order valence-corrected chi connectivity index (χ3v) is 15.9. The Hall–Kier alpha value is -6.94. The van der Waals surface area contributed by atoms with E-state index in [9.17, 15) is 62.9 Å². The summed E-state index contributed by atoms with van der Waals surface area (Å²) in [4.78, 5) is 0. The van der Waals surface area contributed by atoms with Crippen LogP contribution >= 0.6 is 24.4 Å². The van der Waals surface area contributed by atoms with Gasteiger partial charge in [0.2, 0.25) is 0 Å². The van der Waals surface area contributed by atoms with Crippen LogP contribution in [0.25, 0.3) is 0 Å². The highest BCUT2D eigenvalue weighted by molar-refractivity contribution is 7.80. The van der Waals surface area contributed by atoms with Crippen molar-refractivity contribution in [3.63, 3.8) is 0 Å². The van der Waals surface area contributed by atoms with Crippen LogP contribution in [-0.4, -0.2) is 46.7 Å². The molecule has 90 heavy (non-hydrogen) atoms. The fourth-order valence-electron chi connectivity index (χ4n) is 10.3. The smallest absolute Gasteiger partial charge is 0.416 e. The van der Waals surface area contributed by atoms with E-state index in [0.29, 0.717) is 80.3 Å². The lowest BCUT2D eigenvalue weighted by Gasteiger charge is -2.28. The second-order valence-corrected chi connectivity index (χ2v) is 27.8.